The van der Waals surface area contributed by atoms with Crippen LogP contribution in [0.2, 0.25) is 0 Å². The fourth-order valence-electron chi connectivity index (χ4n) is 3.39. The molecule has 3 rings (SSSR count). The predicted octanol–water partition coefficient (Wildman–Crippen LogP) is 2.14. The first kappa shape index (κ1) is 22.8. The number of nitrogens with zero attached hydrogens (tertiary/aromatic N) is 2. The number of hydrogen-bond donors (Lipinski definition) is 0. The average Bonchev–Trinajstić information content (AvgIpc) is 2.78. The van der Waals surface area contributed by atoms with Crippen molar-refractivity contribution in [1.29, 1.82) is 0 Å². The standard InChI is InChI=1S/C20H22F2N2O6S/c1-28-16-7-5-14(18(29-2)19(16)30-3)20(25)23-8-10-24(11-9-23)31(26,27)17-12-13(21)4-6-15(17)22/h4-7,12H,8-11H2,1-3H3. The van der Waals surface area contributed by atoms with Crippen LogP contribution >= 0.6 is 0 Å². The van der Waals surface area contributed by atoms with Crippen LogP contribution in [0.3, 0.4) is 0 Å². The van der Waals surface area contributed by atoms with Crippen molar-refractivity contribution in [2.45, 2.75) is 4.90 Å². The molecule has 0 aliphatic carbocycles. The Hall–Kier alpha value is -2.92. The first-order chi connectivity index (χ1) is 14.7. The summed E-state index contributed by atoms with van der Waals surface area (Å²) in [4.78, 5) is 13.8. The van der Waals surface area contributed by atoms with E-state index in [4.69, 9.17) is 14.2 Å². The van der Waals surface area contributed by atoms with Crippen LogP contribution in [-0.2, 0) is 10.0 Å². The summed E-state index contributed by atoms with van der Waals surface area (Å²) in [5, 5.41) is 0. The van der Waals surface area contributed by atoms with E-state index in [9.17, 15) is 22.0 Å². The lowest BCUT2D eigenvalue weighted by Crippen LogP contribution is -2.50. The fourth-order valence-corrected chi connectivity index (χ4v) is 4.88. The third kappa shape index (κ3) is 4.28. The summed E-state index contributed by atoms with van der Waals surface area (Å²) in [5.41, 5.74) is 0.229. The minimum Gasteiger partial charge on any atom is -0.493 e. The number of sulfonamides is 1. The number of carbonyl (C=O) groups excluding carboxylic acids is 1. The van der Waals surface area contributed by atoms with E-state index in [-0.39, 0.29) is 49.1 Å². The number of methoxy groups -OCH3 is 3. The maximum Gasteiger partial charge on any atom is 0.257 e. The Labute approximate surface area is 179 Å². The van der Waals surface area contributed by atoms with E-state index in [0.717, 1.165) is 16.4 Å². The molecular formula is C20H22F2N2O6S. The lowest BCUT2D eigenvalue weighted by molar-refractivity contribution is 0.0693. The van der Waals surface area contributed by atoms with Gasteiger partial charge in [0.25, 0.3) is 5.91 Å². The Morgan fingerprint density at radius 1 is 0.903 bits per heavy atom. The fraction of sp³-hybridized carbons (Fsp3) is 0.350. The molecule has 1 aliphatic rings. The van der Waals surface area contributed by atoms with Gasteiger partial charge < -0.3 is 19.1 Å². The molecule has 2 aromatic rings. The second-order valence-electron chi connectivity index (χ2n) is 6.65. The van der Waals surface area contributed by atoms with Gasteiger partial charge in [-0.15, -0.1) is 0 Å². The highest BCUT2D eigenvalue weighted by atomic mass is 32.2. The van der Waals surface area contributed by atoms with E-state index in [0.29, 0.717) is 11.8 Å². The Morgan fingerprint density at radius 2 is 1.55 bits per heavy atom. The first-order valence-electron chi connectivity index (χ1n) is 9.28. The molecule has 0 N–H and O–H groups in total. The Morgan fingerprint density at radius 3 is 2.13 bits per heavy atom. The monoisotopic (exact) mass is 456 g/mol. The van der Waals surface area contributed by atoms with E-state index in [1.807, 2.05) is 0 Å². The van der Waals surface area contributed by atoms with Crippen molar-refractivity contribution in [2.24, 2.45) is 0 Å². The Kier molecular flexibility index (Phi) is 6.65. The molecule has 8 nitrogen and oxygen atoms in total. The smallest absolute Gasteiger partial charge is 0.257 e. The zero-order chi connectivity index (χ0) is 22.8. The van der Waals surface area contributed by atoms with Crippen LogP contribution < -0.4 is 14.2 Å². The van der Waals surface area contributed by atoms with Crippen molar-refractivity contribution in [2.75, 3.05) is 47.5 Å². The lowest BCUT2D eigenvalue weighted by Gasteiger charge is -2.34. The highest BCUT2D eigenvalue weighted by Gasteiger charge is 2.33. The molecule has 0 saturated carbocycles. The van der Waals surface area contributed by atoms with Crippen LogP contribution in [-0.4, -0.2) is 71.0 Å². The van der Waals surface area contributed by atoms with Gasteiger partial charge in [-0.2, -0.15) is 4.31 Å². The number of amides is 1. The van der Waals surface area contributed by atoms with Crippen LogP contribution in [0.1, 0.15) is 10.4 Å². The molecule has 1 saturated heterocycles. The number of ether oxygens (including phenoxy) is 3. The number of carbonyl (C=O) groups is 1. The summed E-state index contributed by atoms with van der Waals surface area (Å²) < 4.78 is 69.8. The van der Waals surface area contributed by atoms with E-state index < -0.39 is 26.6 Å². The zero-order valence-corrected chi connectivity index (χ0v) is 18.0. The zero-order valence-electron chi connectivity index (χ0n) is 17.2. The van der Waals surface area contributed by atoms with Crippen molar-refractivity contribution in [3.8, 4) is 17.2 Å². The highest BCUT2D eigenvalue weighted by molar-refractivity contribution is 7.89. The van der Waals surface area contributed by atoms with Crippen molar-refractivity contribution in [1.82, 2.24) is 9.21 Å². The van der Waals surface area contributed by atoms with Gasteiger partial charge >= 0.3 is 0 Å². The summed E-state index contributed by atoms with van der Waals surface area (Å²) in [6.45, 7) is -0.0156. The number of hydrogen-bond acceptors (Lipinski definition) is 6. The number of halogens is 2. The molecular weight excluding hydrogens is 434 g/mol. The molecule has 0 atom stereocenters. The van der Waals surface area contributed by atoms with E-state index >= 15 is 0 Å². The van der Waals surface area contributed by atoms with Gasteiger partial charge in [0.15, 0.2) is 11.5 Å². The van der Waals surface area contributed by atoms with Crippen molar-refractivity contribution >= 4 is 15.9 Å². The second-order valence-corrected chi connectivity index (χ2v) is 8.56. The molecule has 0 aromatic heterocycles. The average molecular weight is 456 g/mol. The van der Waals surface area contributed by atoms with Gasteiger partial charge in [0.2, 0.25) is 15.8 Å². The minimum absolute atomic E-state index is 0.0620. The molecule has 0 bridgehead atoms. The molecule has 1 heterocycles. The largest absolute Gasteiger partial charge is 0.493 e. The third-order valence-corrected chi connectivity index (χ3v) is 6.89. The van der Waals surface area contributed by atoms with Gasteiger partial charge in [-0.1, -0.05) is 0 Å². The van der Waals surface area contributed by atoms with Gasteiger partial charge in [-0.25, -0.2) is 17.2 Å². The van der Waals surface area contributed by atoms with E-state index in [2.05, 4.69) is 0 Å². The summed E-state index contributed by atoms with van der Waals surface area (Å²) in [7, 11) is 0.0313. The topological polar surface area (TPSA) is 85.4 Å². The Bertz CT molecular complexity index is 1090. The molecule has 168 valence electrons. The summed E-state index contributed by atoms with van der Waals surface area (Å²) >= 11 is 0. The third-order valence-electron chi connectivity index (χ3n) is 4.97. The molecule has 1 amide bonds. The van der Waals surface area contributed by atoms with Crippen LogP contribution in [0.15, 0.2) is 35.2 Å². The van der Waals surface area contributed by atoms with Gasteiger partial charge in [-0.3, -0.25) is 4.79 Å². The molecule has 11 heteroatoms. The van der Waals surface area contributed by atoms with Gasteiger partial charge in [0, 0.05) is 26.2 Å². The van der Waals surface area contributed by atoms with Gasteiger partial charge in [0.1, 0.15) is 16.5 Å². The van der Waals surface area contributed by atoms with Gasteiger partial charge in [-0.05, 0) is 30.3 Å². The molecule has 31 heavy (non-hydrogen) atoms. The lowest BCUT2D eigenvalue weighted by atomic mass is 10.1. The maximum absolute atomic E-state index is 14.0. The van der Waals surface area contributed by atoms with Crippen LogP contribution in [0.4, 0.5) is 8.78 Å². The van der Waals surface area contributed by atoms with Crippen molar-refractivity contribution < 1.29 is 36.2 Å². The quantitative estimate of drug-likeness (QED) is 0.662. The summed E-state index contributed by atoms with van der Waals surface area (Å²) in [6, 6.07) is 5.37. The van der Waals surface area contributed by atoms with Crippen molar-refractivity contribution in [3.05, 3.63) is 47.5 Å². The molecule has 0 radical (unpaired) electrons. The second kappa shape index (κ2) is 9.06. The van der Waals surface area contributed by atoms with Crippen LogP contribution in [0.25, 0.3) is 0 Å². The highest BCUT2D eigenvalue weighted by Crippen LogP contribution is 2.40. The minimum atomic E-state index is -4.24. The molecule has 1 aliphatic heterocycles. The van der Waals surface area contributed by atoms with Crippen LogP contribution in [0.5, 0.6) is 17.2 Å². The normalized spacial score (nSPS) is 14.9. The predicted molar refractivity (Wildman–Crippen MR) is 107 cm³/mol. The SMILES string of the molecule is COc1ccc(C(=O)N2CCN(S(=O)(=O)c3cc(F)ccc3F)CC2)c(OC)c1OC. The Balaban J connectivity index is 1.80. The van der Waals surface area contributed by atoms with Crippen molar-refractivity contribution in [3.63, 3.8) is 0 Å². The van der Waals surface area contributed by atoms with E-state index in [1.54, 1.807) is 6.07 Å². The summed E-state index contributed by atoms with van der Waals surface area (Å²) in [5.74, 6) is -1.41. The summed E-state index contributed by atoms with van der Waals surface area (Å²) in [6.07, 6.45) is 0. The molecule has 1 fully saturated rings. The number of piperazine rings is 1. The number of benzene rings is 2. The van der Waals surface area contributed by atoms with Gasteiger partial charge in [0.05, 0.1) is 26.9 Å². The molecule has 0 spiro atoms. The van der Waals surface area contributed by atoms with E-state index in [1.165, 1.54) is 32.3 Å². The maximum atomic E-state index is 14.0. The molecule has 2 aromatic carbocycles. The first-order valence-corrected chi connectivity index (χ1v) is 10.7. The molecule has 0 unspecified atom stereocenters. The van der Waals surface area contributed by atoms with Crippen LogP contribution in [0, 0.1) is 11.6 Å². The number of rotatable bonds is 6.